The van der Waals surface area contributed by atoms with Crippen LogP contribution in [0.3, 0.4) is 0 Å². The Morgan fingerprint density at radius 1 is 1.13 bits per heavy atom. The highest BCUT2D eigenvalue weighted by Gasteiger charge is 2.32. The smallest absolute Gasteiger partial charge is 0.214 e. The molecule has 30 heavy (non-hydrogen) atoms. The Bertz CT molecular complexity index is 1150. The molecule has 0 spiro atoms. The van der Waals surface area contributed by atoms with Crippen molar-refractivity contribution in [3.63, 3.8) is 0 Å². The maximum absolute atomic E-state index is 12.9. The highest BCUT2D eigenvalue weighted by Crippen LogP contribution is 2.39. The average Bonchev–Trinajstić information content (AvgIpc) is 3.23. The SMILES string of the molecule is CC1CCCN(S(=O)(=O)CC2CCC(c3[nH]cnc4cnc5nccc5c34)CC2)C1. The van der Waals surface area contributed by atoms with E-state index in [1.165, 1.54) is 5.69 Å². The number of hydrogen-bond donors (Lipinski definition) is 1. The minimum Gasteiger partial charge on any atom is -0.349 e. The van der Waals surface area contributed by atoms with E-state index in [1.807, 2.05) is 6.07 Å². The molecule has 1 aliphatic carbocycles. The van der Waals surface area contributed by atoms with Gasteiger partial charge >= 0.3 is 0 Å². The fraction of sp³-hybridized carbons (Fsp3) is 0.591. The molecule has 1 unspecified atom stereocenters. The summed E-state index contributed by atoms with van der Waals surface area (Å²) >= 11 is 0. The van der Waals surface area contributed by atoms with Crippen molar-refractivity contribution >= 4 is 32.0 Å². The van der Waals surface area contributed by atoms with Crippen molar-refractivity contribution in [3.05, 3.63) is 30.5 Å². The molecule has 1 saturated heterocycles. The number of piperidine rings is 1. The molecule has 4 heterocycles. The quantitative estimate of drug-likeness (QED) is 0.683. The molecule has 1 aliphatic heterocycles. The monoisotopic (exact) mass is 427 g/mol. The second kappa shape index (κ2) is 7.89. The van der Waals surface area contributed by atoms with Gasteiger partial charge in [-0.2, -0.15) is 0 Å². The summed E-state index contributed by atoms with van der Waals surface area (Å²) in [7, 11) is -3.15. The molecule has 160 valence electrons. The molecular formula is C22H29N5O2S. The first-order chi connectivity index (χ1) is 14.5. The highest BCUT2D eigenvalue weighted by atomic mass is 32.2. The number of H-pyrrole nitrogens is 1. The molecule has 0 aromatic carbocycles. The van der Waals surface area contributed by atoms with E-state index in [0.717, 1.165) is 60.5 Å². The van der Waals surface area contributed by atoms with Crippen LogP contribution in [0, 0.1) is 11.8 Å². The summed E-state index contributed by atoms with van der Waals surface area (Å²) in [4.78, 5) is 16.6. The maximum atomic E-state index is 12.9. The number of pyridine rings is 1. The summed E-state index contributed by atoms with van der Waals surface area (Å²) in [5.74, 6) is 1.40. The van der Waals surface area contributed by atoms with Crippen molar-refractivity contribution in [2.75, 3.05) is 18.8 Å². The Morgan fingerprint density at radius 3 is 2.77 bits per heavy atom. The molecule has 5 rings (SSSR count). The second-order valence-electron chi connectivity index (χ2n) is 9.12. The summed E-state index contributed by atoms with van der Waals surface area (Å²) in [5, 5.41) is 2.15. The molecule has 2 fully saturated rings. The summed E-state index contributed by atoms with van der Waals surface area (Å²) in [6.45, 7) is 3.53. The number of nitrogens with one attached hydrogen (secondary N) is 1. The largest absolute Gasteiger partial charge is 0.349 e. The summed E-state index contributed by atoms with van der Waals surface area (Å²) < 4.78 is 27.6. The molecular weight excluding hydrogens is 398 g/mol. The van der Waals surface area contributed by atoms with Crippen molar-refractivity contribution in [2.45, 2.75) is 51.4 Å². The number of aromatic nitrogens is 4. The van der Waals surface area contributed by atoms with Crippen LogP contribution in [0.15, 0.2) is 24.8 Å². The van der Waals surface area contributed by atoms with E-state index in [1.54, 1.807) is 23.0 Å². The average molecular weight is 428 g/mol. The first-order valence-electron chi connectivity index (χ1n) is 11.1. The fourth-order valence-electron chi connectivity index (χ4n) is 5.32. The lowest BCUT2D eigenvalue weighted by Gasteiger charge is -2.33. The molecule has 3 aromatic heterocycles. The van der Waals surface area contributed by atoms with Crippen LogP contribution in [0.2, 0.25) is 0 Å². The van der Waals surface area contributed by atoms with Gasteiger partial charge in [0.1, 0.15) is 0 Å². The third-order valence-corrected chi connectivity index (χ3v) is 8.93. The molecule has 8 heteroatoms. The maximum Gasteiger partial charge on any atom is 0.214 e. The molecule has 1 saturated carbocycles. The lowest BCUT2D eigenvalue weighted by molar-refractivity contribution is 0.275. The topological polar surface area (TPSA) is 91.8 Å². The Labute approximate surface area is 177 Å². The number of hydrogen-bond acceptors (Lipinski definition) is 5. The molecule has 0 radical (unpaired) electrons. The van der Waals surface area contributed by atoms with Crippen LogP contribution in [-0.4, -0.2) is 51.5 Å². The van der Waals surface area contributed by atoms with Gasteiger partial charge in [-0.3, -0.25) is 0 Å². The lowest BCUT2D eigenvalue weighted by atomic mass is 9.80. The Morgan fingerprint density at radius 2 is 1.97 bits per heavy atom. The lowest BCUT2D eigenvalue weighted by Crippen LogP contribution is -2.41. The molecule has 3 aromatic rings. The molecule has 7 nitrogen and oxygen atoms in total. The number of sulfonamides is 1. The van der Waals surface area contributed by atoms with E-state index >= 15 is 0 Å². The number of nitrogens with zero attached hydrogens (tertiary/aromatic N) is 4. The normalized spacial score (nSPS) is 26.4. The van der Waals surface area contributed by atoms with Gasteiger partial charge in [-0.05, 0) is 62.3 Å². The molecule has 0 amide bonds. The van der Waals surface area contributed by atoms with E-state index in [-0.39, 0.29) is 5.92 Å². The van der Waals surface area contributed by atoms with Crippen LogP contribution >= 0.6 is 0 Å². The van der Waals surface area contributed by atoms with E-state index in [2.05, 4.69) is 26.9 Å². The number of rotatable bonds is 4. The van der Waals surface area contributed by atoms with Crippen molar-refractivity contribution < 1.29 is 8.42 Å². The Balaban J connectivity index is 1.31. The molecule has 1 N–H and O–H groups in total. The van der Waals surface area contributed by atoms with Gasteiger partial charge < -0.3 is 4.98 Å². The van der Waals surface area contributed by atoms with Gasteiger partial charge in [-0.1, -0.05) is 6.92 Å². The van der Waals surface area contributed by atoms with Crippen LogP contribution in [-0.2, 0) is 10.0 Å². The predicted molar refractivity (Wildman–Crippen MR) is 118 cm³/mol. The van der Waals surface area contributed by atoms with Gasteiger partial charge in [0.15, 0.2) is 5.65 Å². The summed E-state index contributed by atoms with van der Waals surface area (Å²) in [5.41, 5.74) is 2.82. The minimum absolute atomic E-state index is 0.249. The van der Waals surface area contributed by atoms with Crippen LogP contribution in [0.5, 0.6) is 0 Å². The zero-order valence-electron chi connectivity index (χ0n) is 17.4. The summed E-state index contributed by atoms with van der Waals surface area (Å²) in [6.07, 6.45) is 11.3. The third-order valence-electron chi connectivity index (χ3n) is 6.92. The van der Waals surface area contributed by atoms with Crippen molar-refractivity contribution in [2.24, 2.45) is 11.8 Å². The van der Waals surface area contributed by atoms with E-state index in [9.17, 15) is 8.42 Å². The second-order valence-corrected chi connectivity index (χ2v) is 11.1. The van der Waals surface area contributed by atoms with Crippen molar-refractivity contribution in [1.82, 2.24) is 24.2 Å². The van der Waals surface area contributed by atoms with Crippen LogP contribution in [0.4, 0.5) is 0 Å². The van der Waals surface area contributed by atoms with Crippen molar-refractivity contribution in [3.8, 4) is 0 Å². The van der Waals surface area contributed by atoms with Gasteiger partial charge in [0.05, 0.1) is 23.8 Å². The van der Waals surface area contributed by atoms with E-state index < -0.39 is 10.0 Å². The van der Waals surface area contributed by atoms with Gasteiger partial charge in [0, 0.05) is 35.8 Å². The third kappa shape index (κ3) is 3.71. The van der Waals surface area contributed by atoms with Gasteiger partial charge in [-0.25, -0.2) is 27.7 Å². The van der Waals surface area contributed by atoms with Crippen LogP contribution in [0.25, 0.3) is 21.9 Å². The zero-order chi connectivity index (χ0) is 20.7. The van der Waals surface area contributed by atoms with Gasteiger partial charge in [-0.15, -0.1) is 0 Å². The summed E-state index contributed by atoms with van der Waals surface area (Å²) in [6, 6.07) is 2.00. The Hall–Kier alpha value is -2.06. The molecule has 2 aliphatic rings. The van der Waals surface area contributed by atoms with Crippen molar-refractivity contribution in [1.29, 1.82) is 0 Å². The van der Waals surface area contributed by atoms with Gasteiger partial charge in [0.2, 0.25) is 10.0 Å². The molecule has 0 bridgehead atoms. The first-order valence-corrected chi connectivity index (χ1v) is 12.7. The highest BCUT2D eigenvalue weighted by molar-refractivity contribution is 7.89. The Kier molecular flexibility index (Phi) is 5.23. The predicted octanol–water partition coefficient (Wildman–Crippen LogP) is 3.84. The number of aromatic amines is 1. The zero-order valence-corrected chi connectivity index (χ0v) is 18.2. The first kappa shape index (κ1) is 19.9. The van der Waals surface area contributed by atoms with Gasteiger partial charge in [0.25, 0.3) is 0 Å². The number of fused-ring (bicyclic) bond motifs is 3. The fourth-order valence-corrected chi connectivity index (χ4v) is 7.34. The van der Waals surface area contributed by atoms with Crippen LogP contribution in [0.1, 0.15) is 57.1 Å². The molecule has 1 atom stereocenters. The minimum atomic E-state index is -3.15. The van der Waals surface area contributed by atoms with E-state index in [4.69, 9.17) is 0 Å². The van der Waals surface area contributed by atoms with Crippen LogP contribution < -0.4 is 0 Å². The standard InChI is InChI=1S/C22H29N5O2S/c1-15-3-2-10-27(12-15)30(28,29)13-16-4-6-17(7-5-16)21-20-18-8-9-23-22(18)24-11-19(20)25-14-26-21/h8-9,11,14-17H,2-7,10,12-13H2,1H3,(H,25,26). The van der Waals surface area contributed by atoms with E-state index in [0.29, 0.717) is 30.7 Å².